The van der Waals surface area contributed by atoms with E-state index in [-0.39, 0.29) is 11.9 Å². The Hall–Kier alpha value is -1.63. The molecule has 0 aromatic rings. The lowest BCUT2D eigenvalue weighted by atomic mass is 10.0. The summed E-state index contributed by atoms with van der Waals surface area (Å²) in [6.07, 6.45) is 1.43. The van der Waals surface area contributed by atoms with Crippen LogP contribution in [0.4, 0.5) is 0 Å². The summed E-state index contributed by atoms with van der Waals surface area (Å²) in [6.45, 7) is 5.99. The van der Waals surface area contributed by atoms with Gasteiger partial charge in [-0.15, -0.1) is 0 Å². The van der Waals surface area contributed by atoms with Crippen molar-refractivity contribution in [3.05, 3.63) is 0 Å². The van der Waals surface area contributed by atoms with Crippen LogP contribution in [0.1, 0.15) is 33.1 Å². The lowest BCUT2D eigenvalue weighted by Gasteiger charge is -2.25. The van der Waals surface area contributed by atoms with Gasteiger partial charge in [0.25, 0.3) is 0 Å². The average Bonchev–Trinajstić information content (AvgIpc) is 2.44. The molecule has 0 saturated heterocycles. The Labute approximate surface area is 128 Å². The molecule has 0 fully saturated rings. The first-order valence-electron chi connectivity index (χ1n) is 7.38. The molecule has 0 aliphatic carbocycles. The van der Waals surface area contributed by atoms with Gasteiger partial charge >= 0.3 is 0 Å². The van der Waals surface area contributed by atoms with E-state index in [4.69, 9.17) is 16.3 Å². The summed E-state index contributed by atoms with van der Waals surface area (Å²) in [6, 6.07) is 4.19. The van der Waals surface area contributed by atoms with E-state index in [1.165, 1.54) is 0 Å². The summed E-state index contributed by atoms with van der Waals surface area (Å²) >= 11 is 0. The number of hydrogen-bond donors (Lipinski definition) is 1. The van der Waals surface area contributed by atoms with Gasteiger partial charge in [0, 0.05) is 19.1 Å². The van der Waals surface area contributed by atoms with Gasteiger partial charge < -0.3 is 10.6 Å². The van der Waals surface area contributed by atoms with Gasteiger partial charge in [-0.1, -0.05) is 13.8 Å². The SMILES string of the molecule is CC(C)C(N)CCN(C)CC(=O)N(CCC#N)CCC#N. The van der Waals surface area contributed by atoms with Crippen LogP contribution in [-0.4, -0.2) is 55.0 Å². The molecule has 118 valence electrons. The average molecular weight is 293 g/mol. The Balaban J connectivity index is 4.26. The molecule has 0 radical (unpaired) electrons. The standard InChI is InChI=1S/C15H27N5O/c1-13(2)14(18)6-11-19(3)12-15(21)20(9-4-7-16)10-5-8-17/h13-14H,4-6,9-12,18H2,1-3H3. The summed E-state index contributed by atoms with van der Waals surface area (Å²) in [5, 5.41) is 17.2. The molecule has 6 nitrogen and oxygen atoms in total. The number of hydrogen-bond acceptors (Lipinski definition) is 5. The van der Waals surface area contributed by atoms with Crippen molar-refractivity contribution in [1.29, 1.82) is 10.5 Å². The van der Waals surface area contributed by atoms with Crippen molar-refractivity contribution in [3.63, 3.8) is 0 Å². The van der Waals surface area contributed by atoms with Gasteiger partial charge in [0.1, 0.15) is 0 Å². The van der Waals surface area contributed by atoms with Crippen molar-refractivity contribution in [2.24, 2.45) is 11.7 Å². The van der Waals surface area contributed by atoms with Gasteiger partial charge in [0.15, 0.2) is 0 Å². The number of carbonyl (C=O) groups excluding carboxylic acids is 1. The molecule has 0 spiro atoms. The van der Waals surface area contributed by atoms with Crippen LogP contribution in [0.25, 0.3) is 0 Å². The first kappa shape index (κ1) is 19.4. The van der Waals surface area contributed by atoms with Crippen LogP contribution in [0, 0.1) is 28.6 Å². The molecule has 0 aromatic heterocycles. The molecule has 0 aromatic carbocycles. The molecule has 0 bridgehead atoms. The minimum atomic E-state index is -0.0406. The number of rotatable bonds is 10. The third-order valence-electron chi connectivity index (χ3n) is 3.45. The van der Waals surface area contributed by atoms with Gasteiger partial charge in [0.2, 0.25) is 5.91 Å². The Morgan fingerprint density at radius 2 is 1.67 bits per heavy atom. The summed E-state index contributed by atoms with van der Waals surface area (Å²) in [5.74, 6) is 0.387. The zero-order valence-corrected chi connectivity index (χ0v) is 13.4. The third-order valence-corrected chi connectivity index (χ3v) is 3.45. The molecule has 0 saturated carbocycles. The lowest BCUT2D eigenvalue weighted by Crippen LogP contribution is -2.41. The minimum Gasteiger partial charge on any atom is -0.340 e. The van der Waals surface area contributed by atoms with Crippen molar-refractivity contribution < 1.29 is 4.79 Å². The van der Waals surface area contributed by atoms with Gasteiger partial charge in [-0.2, -0.15) is 10.5 Å². The predicted octanol–water partition coefficient (Wildman–Crippen LogP) is 0.948. The first-order chi connectivity index (χ1) is 9.92. The second kappa shape index (κ2) is 11.1. The summed E-state index contributed by atoms with van der Waals surface area (Å²) in [5.41, 5.74) is 5.99. The zero-order chi connectivity index (χ0) is 16.3. The molecule has 2 N–H and O–H groups in total. The third kappa shape index (κ3) is 9.01. The Morgan fingerprint density at radius 1 is 1.14 bits per heavy atom. The fraction of sp³-hybridized carbons (Fsp3) is 0.800. The van der Waals surface area contributed by atoms with E-state index in [0.717, 1.165) is 13.0 Å². The fourth-order valence-corrected chi connectivity index (χ4v) is 1.84. The summed E-state index contributed by atoms with van der Waals surface area (Å²) < 4.78 is 0. The zero-order valence-electron chi connectivity index (χ0n) is 13.4. The fourth-order valence-electron chi connectivity index (χ4n) is 1.84. The number of likely N-dealkylation sites (N-methyl/N-ethyl adjacent to an activating group) is 1. The second-order valence-corrected chi connectivity index (χ2v) is 5.63. The maximum Gasteiger partial charge on any atom is 0.236 e. The van der Waals surface area contributed by atoms with E-state index < -0.39 is 0 Å². The van der Waals surface area contributed by atoms with Crippen LogP contribution in [-0.2, 0) is 4.79 Å². The highest BCUT2D eigenvalue weighted by molar-refractivity contribution is 5.78. The molecule has 0 heterocycles. The van der Waals surface area contributed by atoms with E-state index >= 15 is 0 Å². The Bertz CT molecular complexity index is 365. The number of nitrogens with zero attached hydrogens (tertiary/aromatic N) is 4. The number of nitrogens with two attached hydrogens (primary N) is 1. The van der Waals surface area contributed by atoms with E-state index in [2.05, 4.69) is 13.8 Å². The van der Waals surface area contributed by atoms with Crippen LogP contribution < -0.4 is 5.73 Å². The molecule has 1 atom stereocenters. The van der Waals surface area contributed by atoms with Crippen molar-refractivity contribution in [1.82, 2.24) is 9.80 Å². The highest BCUT2D eigenvalue weighted by Crippen LogP contribution is 2.04. The lowest BCUT2D eigenvalue weighted by molar-refractivity contribution is -0.132. The van der Waals surface area contributed by atoms with Crippen molar-refractivity contribution in [3.8, 4) is 12.1 Å². The molecular formula is C15H27N5O. The maximum absolute atomic E-state index is 12.2. The molecule has 0 rings (SSSR count). The highest BCUT2D eigenvalue weighted by atomic mass is 16.2. The smallest absolute Gasteiger partial charge is 0.236 e. The van der Waals surface area contributed by atoms with Crippen LogP contribution >= 0.6 is 0 Å². The van der Waals surface area contributed by atoms with E-state index in [1.807, 2.05) is 24.1 Å². The molecule has 0 aliphatic rings. The van der Waals surface area contributed by atoms with E-state index in [0.29, 0.717) is 38.4 Å². The largest absolute Gasteiger partial charge is 0.340 e. The molecule has 1 amide bonds. The van der Waals surface area contributed by atoms with E-state index in [1.54, 1.807) is 4.90 Å². The molecule has 1 unspecified atom stereocenters. The molecule has 6 heteroatoms. The monoisotopic (exact) mass is 293 g/mol. The number of nitriles is 2. The van der Waals surface area contributed by atoms with Crippen molar-refractivity contribution in [2.45, 2.75) is 39.2 Å². The summed E-state index contributed by atoms with van der Waals surface area (Å²) in [7, 11) is 1.89. The molecule has 0 aliphatic heterocycles. The highest BCUT2D eigenvalue weighted by Gasteiger charge is 2.16. The van der Waals surface area contributed by atoms with Gasteiger partial charge in [-0.05, 0) is 25.9 Å². The Morgan fingerprint density at radius 3 is 2.10 bits per heavy atom. The van der Waals surface area contributed by atoms with Crippen LogP contribution in [0.2, 0.25) is 0 Å². The number of amides is 1. The van der Waals surface area contributed by atoms with Crippen molar-refractivity contribution >= 4 is 5.91 Å². The minimum absolute atomic E-state index is 0.0406. The number of carbonyl (C=O) groups is 1. The molecular weight excluding hydrogens is 266 g/mol. The van der Waals surface area contributed by atoms with Crippen LogP contribution in [0.3, 0.4) is 0 Å². The second-order valence-electron chi connectivity index (χ2n) is 5.63. The maximum atomic E-state index is 12.2. The topological polar surface area (TPSA) is 97.2 Å². The van der Waals surface area contributed by atoms with Gasteiger partial charge in [0.05, 0.1) is 31.5 Å². The first-order valence-corrected chi connectivity index (χ1v) is 7.38. The quantitative estimate of drug-likeness (QED) is 0.646. The van der Waals surface area contributed by atoms with Crippen LogP contribution in [0.15, 0.2) is 0 Å². The van der Waals surface area contributed by atoms with Crippen LogP contribution in [0.5, 0.6) is 0 Å². The van der Waals surface area contributed by atoms with Gasteiger partial charge in [-0.3, -0.25) is 9.69 Å². The molecule has 21 heavy (non-hydrogen) atoms. The van der Waals surface area contributed by atoms with E-state index in [9.17, 15) is 4.79 Å². The van der Waals surface area contributed by atoms with Crippen molar-refractivity contribution in [2.75, 3.05) is 33.2 Å². The summed E-state index contributed by atoms with van der Waals surface area (Å²) in [4.78, 5) is 15.7. The normalized spacial score (nSPS) is 12.0. The predicted molar refractivity (Wildman–Crippen MR) is 82.0 cm³/mol. The van der Waals surface area contributed by atoms with Gasteiger partial charge in [-0.25, -0.2) is 0 Å². The Kier molecular flexibility index (Phi) is 10.2.